The summed E-state index contributed by atoms with van der Waals surface area (Å²) in [7, 11) is 0. The Balaban J connectivity index is 1.26. The lowest BCUT2D eigenvalue weighted by molar-refractivity contribution is -0.131. The van der Waals surface area contributed by atoms with Crippen LogP contribution in [-0.2, 0) is 15.0 Å². The van der Waals surface area contributed by atoms with Gasteiger partial charge in [0.2, 0.25) is 11.8 Å². The number of carbonyl (C=O) groups excluding carboxylic acids is 2. The van der Waals surface area contributed by atoms with E-state index in [-0.39, 0.29) is 23.9 Å². The molecule has 1 saturated carbocycles. The Bertz CT molecular complexity index is 1440. The SMILES string of the molecule is CCN1c2ncnc(-c3ccc4c(c3)C3(CCN(C(=O)C5CC5)C3)C(=O)N4)c2NC1c1cnc(C)nc1. The summed E-state index contributed by atoms with van der Waals surface area (Å²) in [6, 6.07) is 6.01. The van der Waals surface area contributed by atoms with Crippen molar-refractivity contribution in [3.05, 3.63) is 53.9 Å². The number of rotatable bonds is 4. The summed E-state index contributed by atoms with van der Waals surface area (Å²) in [4.78, 5) is 48.1. The Kier molecular flexibility index (Phi) is 4.76. The summed E-state index contributed by atoms with van der Waals surface area (Å²) < 4.78 is 0. The molecule has 0 radical (unpaired) electrons. The molecule has 2 unspecified atom stereocenters. The number of anilines is 3. The average Bonchev–Trinajstić information content (AvgIpc) is 3.46. The standard InChI is InChI=1S/C27H28N8O2/c1-3-35-23(18-11-28-15(2)29-12-18)33-22-21(30-14-31-24(22)35)17-6-7-20-19(10-17)27(26(37)32-20)8-9-34(13-27)25(36)16-4-5-16/h6-7,10-12,14,16,23,33H,3-5,8-9,13H2,1-2H3,(H,32,37). The number of carbonyl (C=O) groups is 2. The van der Waals surface area contributed by atoms with Gasteiger partial charge in [-0.15, -0.1) is 0 Å². The number of likely N-dealkylation sites (tertiary alicyclic amines) is 1. The highest BCUT2D eigenvalue weighted by Crippen LogP contribution is 2.49. The van der Waals surface area contributed by atoms with Gasteiger partial charge in [0.1, 0.15) is 24.0 Å². The number of aromatic nitrogens is 4. The summed E-state index contributed by atoms with van der Waals surface area (Å²) in [5.74, 6) is 1.87. The lowest BCUT2D eigenvalue weighted by Gasteiger charge is -2.24. The van der Waals surface area contributed by atoms with Gasteiger partial charge in [0.05, 0.1) is 11.1 Å². The number of hydrogen-bond donors (Lipinski definition) is 2. The Morgan fingerprint density at radius 2 is 1.97 bits per heavy atom. The molecule has 1 aliphatic carbocycles. The van der Waals surface area contributed by atoms with E-state index in [1.807, 2.05) is 36.4 Å². The number of benzene rings is 1. The third-order valence-corrected chi connectivity index (χ3v) is 8.15. The van der Waals surface area contributed by atoms with Gasteiger partial charge in [-0.05, 0) is 50.8 Å². The first-order valence-electron chi connectivity index (χ1n) is 12.9. The fourth-order valence-corrected chi connectivity index (χ4v) is 5.97. The average molecular weight is 497 g/mol. The molecule has 5 heterocycles. The molecule has 0 bridgehead atoms. The molecule has 10 nitrogen and oxygen atoms in total. The van der Waals surface area contributed by atoms with Crippen molar-refractivity contribution in [2.24, 2.45) is 5.92 Å². The lowest BCUT2D eigenvalue weighted by Crippen LogP contribution is -2.39. The normalized spacial score (nSPS) is 23.7. The minimum absolute atomic E-state index is 0.0200. The van der Waals surface area contributed by atoms with Crippen LogP contribution in [-0.4, -0.2) is 56.3 Å². The minimum Gasteiger partial charge on any atom is -0.357 e. The second kappa shape index (κ2) is 7.96. The second-order valence-corrected chi connectivity index (χ2v) is 10.4. The van der Waals surface area contributed by atoms with Crippen LogP contribution < -0.4 is 15.5 Å². The number of hydrogen-bond acceptors (Lipinski definition) is 8. The highest BCUT2D eigenvalue weighted by molar-refractivity contribution is 6.08. The number of amides is 2. The predicted molar refractivity (Wildman–Crippen MR) is 138 cm³/mol. The minimum atomic E-state index is -0.712. The monoisotopic (exact) mass is 496 g/mol. The van der Waals surface area contributed by atoms with Gasteiger partial charge in [0, 0.05) is 54.8 Å². The largest absolute Gasteiger partial charge is 0.357 e. The van der Waals surface area contributed by atoms with E-state index in [4.69, 9.17) is 0 Å². The first-order valence-corrected chi connectivity index (χ1v) is 12.9. The van der Waals surface area contributed by atoms with Crippen molar-refractivity contribution in [2.75, 3.05) is 35.2 Å². The maximum absolute atomic E-state index is 13.2. The van der Waals surface area contributed by atoms with E-state index in [9.17, 15) is 9.59 Å². The van der Waals surface area contributed by atoms with Crippen LogP contribution in [0.25, 0.3) is 11.3 Å². The van der Waals surface area contributed by atoms with Crippen LogP contribution in [0.5, 0.6) is 0 Å². The van der Waals surface area contributed by atoms with Gasteiger partial charge in [0.15, 0.2) is 5.82 Å². The summed E-state index contributed by atoms with van der Waals surface area (Å²) >= 11 is 0. The third-order valence-electron chi connectivity index (χ3n) is 8.15. The molecule has 4 aliphatic rings. The maximum Gasteiger partial charge on any atom is 0.236 e. The second-order valence-electron chi connectivity index (χ2n) is 10.4. The molecular weight excluding hydrogens is 468 g/mol. The highest BCUT2D eigenvalue weighted by Gasteiger charge is 2.53. The molecule has 3 aliphatic heterocycles. The van der Waals surface area contributed by atoms with Crippen LogP contribution in [0.15, 0.2) is 36.9 Å². The summed E-state index contributed by atoms with van der Waals surface area (Å²) in [5.41, 5.74) is 4.53. The van der Waals surface area contributed by atoms with Crippen LogP contribution in [0.1, 0.15) is 49.3 Å². The van der Waals surface area contributed by atoms with Gasteiger partial charge < -0.3 is 20.4 Å². The first-order chi connectivity index (χ1) is 18.0. The molecule has 2 atom stereocenters. The van der Waals surface area contributed by atoms with Crippen molar-refractivity contribution in [3.8, 4) is 11.3 Å². The number of aryl methyl sites for hydroxylation is 1. The molecule has 1 spiro atoms. The van der Waals surface area contributed by atoms with Gasteiger partial charge in [0.25, 0.3) is 0 Å². The topological polar surface area (TPSA) is 116 Å². The molecule has 37 heavy (non-hydrogen) atoms. The van der Waals surface area contributed by atoms with E-state index in [1.54, 1.807) is 6.33 Å². The predicted octanol–water partition coefficient (Wildman–Crippen LogP) is 3.02. The number of nitrogens with zero attached hydrogens (tertiary/aromatic N) is 6. The molecule has 2 fully saturated rings. The van der Waals surface area contributed by atoms with E-state index in [1.165, 1.54) is 0 Å². The zero-order chi connectivity index (χ0) is 25.3. The fourth-order valence-electron chi connectivity index (χ4n) is 5.97. The highest BCUT2D eigenvalue weighted by atomic mass is 16.2. The molecule has 2 amide bonds. The smallest absolute Gasteiger partial charge is 0.236 e. The third kappa shape index (κ3) is 3.31. The van der Waals surface area contributed by atoms with Gasteiger partial charge in [-0.25, -0.2) is 19.9 Å². The molecule has 1 aromatic carbocycles. The number of fused-ring (bicyclic) bond motifs is 3. The van der Waals surface area contributed by atoms with Gasteiger partial charge in [-0.3, -0.25) is 9.59 Å². The Labute approximate surface area is 214 Å². The first kappa shape index (κ1) is 22.1. The van der Waals surface area contributed by atoms with Crippen LogP contribution in [0, 0.1) is 12.8 Å². The van der Waals surface area contributed by atoms with E-state index < -0.39 is 5.41 Å². The summed E-state index contributed by atoms with van der Waals surface area (Å²) in [5, 5.41) is 6.67. The van der Waals surface area contributed by atoms with Crippen molar-refractivity contribution in [1.29, 1.82) is 0 Å². The van der Waals surface area contributed by atoms with Crippen molar-refractivity contribution in [3.63, 3.8) is 0 Å². The van der Waals surface area contributed by atoms with Crippen LogP contribution in [0.4, 0.5) is 17.2 Å². The van der Waals surface area contributed by atoms with Gasteiger partial charge in [-0.2, -0.15) is 0 Å². The Morgan fingerprint density at radius 1 is 1.16 bits per heavy atom. The Hall–Kier alpha value is -4.08. The van der Waals surface area contributed by atoms with E-state index in [0.717, 1.165) is 64.8 Å². The zero-order valence-corrected chi connectivity index (χ0v) is 20.9. The molecule has 3 aromatic rings. The van der Waals surface area contributed by atoms with Crippen molar-refractivity contribution in [2.45, 2.75) is 44.7 Å². The fraction of sp³-hybridized carbons (Fsp3) is 0.407. The summed E-state index contributed by atoms with van der Waals surface area (Å²) in [6.07, 6.45) is 7.67. The quantitative estimate of drug-likeness (QED) is 0.566. The lowest BCUT2D eigenvalue weighted by atomic mass is 9.80. The van der Waals surface area contributed by atoms with Gasteiger partial charge in [-0.1, -0.05) is 6.07 Å². The van der Waals surface area contributed by atoms with E-state index >= 15 is 0 Å². The number of nitrogens with one attached hydrogen (secondary N) is 2. The molecule has 2 aromatic heterocycles. The molecule has 188 valence electrons. The molecule has 7 rings (SSSR count). The van der Waals surface area contributed by atoms with Crippen molar-refractivity contribution < 1.29 is 9.59 Å². The van der Waals surface area contributed by atoms with E-state index in [0.29, 0.717) is 19.5 Å². The molecule has 10 heteroatoms. The van der Waals surface area contributed by atoms with Crippen LogP contribution in [0.3, 0.4) is 0 Å². The van der Waals surface area contributed by atoms with Crippen LogP contribution in [0.2, 0.25) is 0 Å². The zero-order valence-electron chi connectivity index (χ0n) is 20.9. The molecular formula is C27H28N8O2. The van der Waals surface area contributed by atoms with Crippen molar-refractivity contribution in [1.82, 2.24) is 24.8 Å². The van der Waals surface area contributed by atoms with Gasteiger partial charge >= 0.3 is 0 Å². The van der Waals surface area contributed by atoms with Crippen molar-refractivity contribution >= 4 is 29.0 Å². The van der Waals surface area contributed by atoms with Crippen LogP contribution >= 0.6 is 0 Å². The molecule has 1 saturated heterocycles. The summed E-state index contributed by atoms with van der Waals surface area (Å²) in [6.45, 7) is 5.75. The maximum atomic E-state index is 13.2. The Morgan fingerprint density at radius 3 is 2.73 bits per heavy atom. The molecule has 2 N–H and O–H groups in total. The van der Waals surface area contributed by atoms with E-state index in [2.05, 4.69) is 48.5 Å².